The molecule has 1 aromatic heterocycles. The number of benzene rings is 1. The summed E-state index contributed by atoms with van der Waals surface area (Å²) in [4.78, 5) is 13.3. The molecule has 0 bridgehead atoms. The van der Waals surface area contributed by atoms with Gasteiger partial charge in [0.2, 0.25) is 0 Å². The number of nitrogens with zero attached hydrogens (tertiary/aromatic N) is 2. The van der Waals surface area contributed by atoms with E-state index in [9.17, 15) is 4.79 Å². The molecule has 2 aliphatic rings. The van der Waals surface area contributed by atoms with Gasteiger partial charge in [0, 0.05) is 24.4 Å². The maximum atomic E-state index is 13.3. The van der Waals surface area contributed by atoms with Gasteiger partial charge in [-0.3, -0.25) is 9.48 Å². The maximum absolute atomic E-state index is 13.3. The van der Waals surface area contributed by atoms with E-state index in [1.54, 1.807) is 0 Å². The van der Waals surface area contributed by atoms with Crippen LogP contribution in [0.5, 0.6) is 0 Å². The van der Waals surface area contributed by atoms with Crippen molar-refractivity contribution in [3.63, 3.8) is 0 Å². The Balaban J connectivity index is 1.48. The summed E-state index contributed by atoms with van der Waals surface area (Å²) >= 11 is 0. The highest BCUT2D eigenvalue weighted by Crippen LogP contribution is 2.34. The van der Waals surface area contributed by atoms with Crippen molar-refractivity contribution >= 4 is 18.2 Å². The second-order valence-electron chi connectivity index (χ2n) is 10.4. The molecule has 1 fully saturated rings. The van der Waals surface area contributed by atoms with Crippen LogP contribution in [0.1, 0.15) is 71.2 Å². The molecule has 32 heavy (non-hydrogen) atoms. The number of aromatic nitrogens is 2. The van der Waals surface area contributed by atoms with Gasteiger partial charge in [-0.2, -0.15) is 5.10 Å². The van der Waals surface area contributed by atoms with Crippen molar-refractivity contribution in [1.29, 1.82) is 0 Å². The van der Waals surface area contributed by atoms with Crippen molar-refractivity contribution < 1.29 is 14.2 Å². The first-order valence-electron chi connectivity index (χ1n) is 12.2. The summed E-state index contributed by atoms with van der Waals surface area (Å²) in [6.07, 6.45) is 7.47. The number of carbonyl (C=O) groups is 1. The van der Waals surface area contributed by atoms with Crippen LogP contribution in [0.2, 0.25) is 6.32 Å². The number of ketones is 1. The fraction of sp³-hybridized carbons (Fsp3) is 0.615. The van der Waals surface area contributed by atoms with E-state index in [4.69, 9.17) is 9.39 Å². The molecule has 0 N–H and O–H groups in total. The van der Waals surface area contributed by atoms with Gasteiger partial charge in [-0.15, -0.1) is 0 Å². The van der Waals surface area contributed by atoms with E-state index in [2.05, 4.69) is 57.1 Å². The molecule has 5 nitrogen and oxygen atoms in total. The Morgan fingerprint density at radius 1 is 1.16 bits per heavy atom. The number of fused-ring (bicyclic) bond motifs is 1. The van der Waals surface area contributed by atoms with Crippen molar-refractivity contribution in [1.82, 2.24) is 9.78 Å². The minimum Gasteiger partial charge on any atom is -0.423 e. The van der Waals surface area contributed by atoms with Crippen LogP contribution < -0.4 is 5.46 Å². The zero-order valence-electron chi connectivity index (χ0n) is 20.3. The van der Waals surface area contributed by atoms with Crippen LogP contribution in [0.4, 0.5) is 0 Å². The molecule has 2 unspecified atom stereocenters. The molecule has 2 atom stereocenters. The van der Waals surface area contributed by atoms with Crippen LogP contribution in [0.15, 0.2) is 36.5 Å². The standard InChI is InChI=1S/C26H37BN2O3/c1-19-24(30)21(13-9-12-20-10-7-6-8-11-20)14-15-23-22(18-28-29(19)23)27-16-17-31-25(2,3)26(4,5)32-27/h6-8,10-11,18-19,21H,9,12-17H2,1-5H3. The van der Waals surface area contributed by atoms with E-state index in [1.165, 1.54) is 5.56 Å². The van der Waals surface area contributed by atoms with Gasteiger partial charge in [-0.05, 0) is 84.1 Å². The predicted octanol–water partition coefficient (Wildman–Crippen LogP) is 4.40. The Labute approximate surface area is 193 Å². The third-order valence-electron chi connectivity index (χ3n) is 7.78. The lowest BCUT2D eigenvalue weighted by atomic mass is 9.57. The van der Waals surface area contributed by atoms with Crippen LogP contribution in [-0.2, 0) is 27.0 Å². The third-order valence-corrected chi connectivity index (χ3v) is 7.78. The Kier molecular flexibility index (Phi) is 6.64. The summed E-state index contributed by atoms with van der Waals surface area (Å²) in [7, 11) is 0. The molecule has 0 saturated carbocycles. The van der Waals surface area contributed by atoms with Gasteiger partial charge >= 0.3 is 6.92 Å². The fourth-order valence-corrected chi connectivity index (χ4v) is 5.03. The average Bonchev–Trinajstić information content (AvgIpc) is 3.09. The second-order valence-corrected chi connectivity index (χ2v) is 10.4. The molecular formula is C26H37BN2O3. The van der Waals surface area contributed by atoms with Gasteiger partial charge in [-0.1, -0.05) is 30.3 Å². The summed E-state index contributed by atoms with van der Waals surface area (Å²) in [5.41, 5.74) is 2.85. The smallest absolute Gasteiger partial charge is 0.333 e. The van der Waals surface area contributed by atoms with Crippen LogP contribution >= 0.6 is 0 Å². The monoisotopic (exact) mass is 436 g/mol. The lowest BCUT2D eigenvalue weighted by Crippen LogP contribution is -2.51. The molecule has 3 heterocycles. The van der Waals surface area contributed by atoms with Gasteiger partial charge in [-0.25, -0.2) is 0 Å². The van der Waals surface area contributed by atoms with Crippen molar-refractivity contribution in [3.8, 4) is 0 Å². The van der Waals surface area contributed by atoms with E-state index in [0.29, 0.717) is 12.4 Å². The highest BCUT2D eigenvalue weighted by molar-refractivity contribution is 6.68. The van der Waals surface area contributed by atoms with E-state index in [-0.39, 0.29) is 24.5 Å². The van der Waals surface area contributed by atoms with Crippen LogP contribution in [0.25, 0.3) is 0 Å². The van der Waals surface area contributed by atoms with E-state index in [1.807, 2.05) is 23.9 Å². The molecule has 1 saturated heterocycles. The molecular weight excluding hydrogens is 399 g/mol. The molecule has 6 heteroatoms. The van der Waals surface area contributed by atoms with E-state index < -0.39 is 5.60 Å². The Morgan fingerprint density at radius 2 is 1.91 bits per heavy atom. The van der Waals surface area contributed by atoms with Gasteiger partial charge in [0.05, 0.1) is 11.2 Å². The highest BCUT2D eigenvalue weighted by atomic mass is 16.5. The fourth-order valence-electron chi connectivity index (χ4n) is 5.03. The van der Waals surface area contributed by atoms with Crippen LogP contribution in [0, 0.1) is 5.92 Å². The number of carbonyl (C=O) groups excluding carboxylic acids is 1. The third kappa shape index (κ3) is 4.58. The number of hydrogen-bond acceptors (Lipinski definition) is 4. The Morgan fingerprint density at radius 3 is 2.66 bits per heavy atom. The molecule has 1 aromatic carbocycles. The number of ether oxygens (including phenoxy) is 1. The molecule has 4 rings (SSSR count). The minimum atomic E-state index is -0.422. The molecule has 172 valence electrons. The Bertz CT molecular complexity index is 938. The minimum absolute atomic E-state index is 0.0625. The number of hydrogen-bond donors (Lipinski definition) is 0. The van der Waals surface area contributed by atoms with Gasteiger partial charge in [0.25, 0.3) is 0 Å². The van der Waals surface area contributed by atoms with Crippen molar-refractivity contribution in [2.24, 2.45) is 5.92 Å². The van der Waals surface area contributed by atoms with Gasteiger partial charge < -0.3 is 9.39 Å². The van der Waals surface area contributed by atoms with Crippen molar-refractivity contribution in [2.75, 3.05) is 6.61 Å². The molecule has 0 aliphatic carbocycles. The summed E-state index contributed by atoms with van der Waals surface area (Å²) in [6, 6.07) is 10.3. The molecule has 2 aromatic rings. The van der Waals surface area contributed by atoms with E-state index >= 15 is 0 Å². The first kappa shape index (κ1) is 23.3. The SMILES string of the molecule is CC1C(=O)C(CCCc2ccccc2)CCc2c(B3CCOC(C)(C)C(C)(C)O3)cnn21. The summed E-state index contributed by atoms with van der Waals surface area (Å²) in [6.45, 7) is 11.0. The molecule has 0 radical (unpaired) electrons. The maximum Gasteiger partial charge on any atom is 0.333 e. The molecule has 0 amide bonds. The average molecular weight is 436 g/mol. The Hall–Kier alpha value is -1.92. The zero-order chi connectivity index (χ0) is 22.9. The molecule has 2 aliphatic heterocycles. The van der Waals surface area contributed by atoms with Crippen LogP contribution in [0.3, 0.4) is 0 Å². The lowest BCUT2D eigenvalue weighted by Gasteiger charge is -2.40. The quantitative estimate of drug-likeness (QED) is 0.652. The highest BCUT2D eigenvalue weighted by Gasteiger charge is 2.45. The van der Waals surface area contributed by atoms with E-state index in [0.717, 1.165) is 49.6 Å². The summed E-state index contributed by atoms with van der Waals surface area (Å²) in [5, 5.41) is 4.68. The number of aryl methyl sites for hydroxylation is 1. The van der Waals surface area contributed by atoms with Crippen LogP contribution in [-0.4, -0.2) is 40.3 Å². The summed E-state index contributed by atoms with van der Waals surface area (Å²) < 4.78 is 14.7. The zero-order valence-corrected chi connectivity index (χ0v) is 20.3. The normalized spacial score (nSPS) is 25.2. The van der Waals surface area contributed by atoms with Gasteiger partial charge in [0.1, 0.15) is 6.04 Å². The number of rotatable bonds is 5. The largest absolute Gasteiger partial charge is 0.423 e. The first-order chi connectivity index (χ1) is 15.2. The molecule has 0 spiro atoms. The van der Waals surface area contributed by atoms with Crippen molar-refractivity contribution in [3.05, 3.63) is 47.8 Å². The number of Topliss-reactive ketones (excluding diaryl/α,β-unsaturated/α-hetero) is 1. The van der Waals surface area contributed by atoms with Crippen molar-refractivity contribution in [2.45, 2.75) is 90.3 Å². The summed E-state index contributed by atoms with van der Waals surface area (Å²) in [5.74, 6) is 0.412. The second kappa shape index (κ2) is 9.15. The topological polar surface area (TPSA) is 53.4 Å². The predicted molar refractivity (Wildman–Crippen MR) is 129 cm³/mol. The van der Waals surface area contributed by atoms with Gasteiger partial charge in [0.15, 0.2) is 5.78 Å². The lowest BCUT2D eigenvalue weighted by molar-refractivity contribution is -0.126. The first-order valence-corrected chi connectivity index (χ1v) is 12.2.